The molecule has 9 atom stereocenters. The van der Waals surface area contributed by atoms with Gasteiger partial charge in [-0.3, -0.25) is 4.79 Å². The summed E-state index contributed by atoms with van der Waals surface area (Å²) in [6.07, 6.45) is -4.76. The summed E-state index contributed by atoms with van der Waals surface area (Å²) in [5, 5.41) is 10.2. The molecule has 9 nitrogen and oxygen atoms in total. The first-order chi connectivity index (χ1) is 12.8. The van der Waals surface area contributed by atoms with E-state index in [0.29, 0.717) is 25.9 Å². The highest BCUT2D eigenvalue weighted by molar-refractivity contribution is 5.89. The smallest absolute Gasteiger partial charge is 0.221 e. The summed E-state index contributed by atoms with van der Waals surface area (Å²) in [4.78, 5) is 24.2. The molecule has 0 aromatic rings. The number of aldehydes is 1. The summed E-state index contributed by atoms with van der Waals surface area (Å²) in [6, 6.07) is 0. The van der Waals surface area contributed by atoms with Crippen LogP contribution in [0.2, 0.25) is 0 Å². The van der Waals surface area contributed by atoms with Gasteiger partial charge in [-0.05, 0) is 20.8 Å². The highest BCUT2D eigenvalue weighted by Crippen LogP contribution is 2.37. The van der Waals surface area contributed by atoms with Crippen molar-refractivity contribution in [1.29, 1.82) is 0 Å². The monoisotopic (exact) mass is 386 g/mol. The molecule has 4 heterocycles. The molecule has 2 bridgehead atoms. The van der Waals surface area contributed by atoms with Crippen LogP contribution in [0, 0.1) is 0 Å². The van der Waals surface area contributed by atoms with Gasteiger partial charge in [-0.1, -0.05) is 0 Å². The van der Waals surface area contributed by atoms with Crippen LogP contribution >= 0.6 is 0 Å². The van der Waals surface area contributed by atoms with E-state index in [9.17, 15) is 14.7 Å². The fourth-order valence-electron chi connectivity index (χ4n) is 4.04. The van der Waals surface area contributed by atoms with E-state index in [2.05, 4.69) is 0 Å². The van der Waals surface area contributed by atoms with Crippen molar-refractivity contribution in [2.45, 2.75) is 87.9 Å². The van der Waals surface area contributed by atoms with E-state index in [1.54, 1.807) is 20.8 Å². The predicted octanol–water partition coefficient (Wildman–Crippen LogP) is -0.636. The number of hydrogen-bond donors (Lipinski definition) is 1. The Balaban J connectivity index is 1.46. The zero-order chi connectivity index (χ0) is 19.3. The van der Waals surface area contributed by atoms with Crippen molar-refractivity contribution in [2.24, 2.45) is 0 Å². The summed E-state index contributed by atoms with van der Waals surface area (Å²) in [6.45, 7) is 5.76. The summed E-state index contributed by atoms with van der Waals surface area (Å²) in [5.41, 5.74) is -1.01. The topological polar surface area (TPSA) is 110 Å². The number of carbonyl (C=O) groups excluding carboxylic acids is 2. The van der Waals surface area contributed by atoms with Crippen molar-refractivity contribution in [3.8, 4) is 0 Å². The van der Waals surface area contributed by atoms with Gasteiger partial charge in [-0.25, -0.2) is 0 Å². The normalized spacial score (nSPS) is 47.6. The Morgan fingerprint density at radius 2 is 1.93 bits per heavy atom. The van der Waals surface area contributed by atoms with Gasteiger partial charge in [0.05, 0.1) is 37.1 Å². The third-order valence-electron chi connectivity index (χ3n) is 5.51. The summed E-state index contributed by atoms with van der Waals surface area (Å²) < 4.78 is 34.4. The second kappa shape index (κ2) is 7.14. The van der Waals surface area contributed by atoms with Gasteiger partial charge >= 0.3 is 0 Å². The molecular weight excluding hydrogens is 360 g/mol. The van der Waals surface area contributed by atoms with Crippen LogP contribution in [0.15, 0.2) is 0 Å². The Labute approximate surface area is 157 Å². The van der Waals surface area contributed by atoms with E-state index >= 15 is 0 Å². The van der Waals surface area contributed by atoms with E-state index in [1.807, 2.05) is 0 Å². The van der Waals surface area contributed by atoms with E-state index < -0.39 is 48.2 Å². The van der Waals surface area contributed by atoms with Gasteiger partial charge in [-0.15, -0.1) is 0 Å². The molecule has 0 amide bonds. The minimum Gasteiger partial charge on any atom is -0.388 e. The Bertz CT molecular complexity index is 574. The Morgan fingerprint density at radius 3 is 2.59 bits per heavy atom. The largest absolute Gasteiger partial charge is 0.388 e. The molecule has 0 aromatic carbocycles. The molecule has 9 unspecified atom stereocenters. The molecule has 27 heavy (non-hydrogen) atoms. The number of ketones is 1. The molecule has 1 N–H and O–H groups in total. The second-order valence-corrected chi connectivity index (χ2v) is 8.16. The molecule has 0 aliphatic carbocycles. The van der Waals surface area contributed by atoms with Crippen molar-refractivity contribution in [1.82, 2.24) is 0 Å². The molecule has 152 valence electrons. The van der Waals surface area contributed by atoms with Gasteiger partial charge in [0.25, 0.3) is 0 Å². The number of ether oxygens (including phenoxy) is 6. The van der Waals surface area contributed by atoms with Crippen molar-refractivity contribution in [3.05, 3.63) is 0 Å². The van der Waals surface area contributed by atoms with Crippen LogP contribution in [0.25, 0.3) is 0 Å². The van der Waals surface area contributed by atoms with E-state index in [1.165, 1.54) is 0 Å². The first-order valence-electron chi connectivity index (χ1n) is 9.34. The minimum absolute atomic E-state index is 0.258. The van der Waals surface area contributed by atoms with E-state index in [0.717, 1.165) is 0 Å². The maximum atomic E-state index is 12.8. The second-order valence-electron chi connectivity index (χ2n) is 8.16. The molecule has 4 aliphatic heterocycles. The van der Waals surface area contributed by atoms with Crippen molar-refractivity contribution in [2.75, 3.05) is 13.2 Å². The predicted molar refractivity (Wildman–Crippen MR) is 88.0 cm³/mol. The molecule has 4 aliphatic rings. The number of hydrogen-bond acceptors (Lipinski definition) is 9. The lowest BCUT2D eigenvalue weighted by Crippen LogP contribution is -2.63. The summed E-state index contributed by atoms with van der Waals surface area (Å²) >= 11 is 0. The highest BCUT2D eigenvalue weighted by Gasteiger charge is 2.54. The lowest BCUT2D eigenvalue weighted by Gasteiger charge is -2.44. The van der Waals surface area contributed by atoms with Crippen LogP contribution in [0.5, 0.6) is 0 Å². The number of aliphatic hydroxyl groups is 1. The third-order valence-corrected chi connectivity index (χ3v) is 5.51. The van der Waals surface area contributed by atoms with Crippen LogP contribution < -0.4 is 0 Å². The molecule has 4 rings (SSSR count). The zero-order valence-electron chi connectivity index (χ0n) is 15.6. The van der Waals surface area contributed by atoms with Crippen LogP contribution in [-0.2, 0) is 38.0 Å². The molecule has 9 heteroatoms. The summed E-state index contributed by atoms with van der Waals surface area (Å²) in [7, 11) is 0. The van der Waals surface area contributed by atoms with Gasteiger partial charge in [0, 0.05) is 6.42 Å². The Kier molecular flexibility index (Phi) is 5.13. The van der Waals surface area contributed by atoms with Crippen molar-refractivity contribution < 1.29 is 43.1 Å². The lowest BCUT2D eigenvalue weighted by molar-refractivity contribution is -0.286. The van der Waals surface area contributed by atoms with Crippen LogP contribution in [0.4, 0.5) is 0 Å². The molecule has 0 spiro atoms. The minimum atomic E-state index is -1.26. The quantitative estimate of drug-likeness (QED) is 0.631. The molecule has 0 aromatic heterocycles. The van der Waals surface area contributed by atoms with Gasteiger partial charge in [0.2, 0.25) is 12.1 Å². The van der Waals surface area contributed by atoms with Crippen LogP contribution in [0.1, 0.15) is 27.2 Å². The van der Waals surface area contributed by atoms with Gasteiger partial charge in [-0.2, -0.15) is 0 Å². The van der Waals surface area contributed by atoms with Crippen LogP contribution in [-0.4, -0.2) is 91.1 Å². The fourth-order valence-corrected chi connectivity index (χ4v) is 4.04. The molecule has 4 fully saturated rings. The fraction of sp³-hybridized carbons (Fsp3) is 0.889. The van der Waals surface area contributed by atoms with Crippen molar-refractivity contribution >= 4 is 12.1 Å². The highest BCUT2D eigenvalue weighted by atomic mass is 16.7. The first-order valence-corrected chi connectivity index (χ1v) is 9.34. The molecule has 4 saturated heterocycles. The third kappa shape index (κ3) is 3.57. The first kappa shape index (κ1) is 19.4. The summed E-state index contributed by atoms with van der Waals surface area (Å²) in [5.74, 6) is -0.409. The lowest BCUT2D eigenvalue weighted by atomic mass is 9.91. The van der Waals surface area contributed by atoms with Gasteiger partial charge in [0.1, 0.15) is 24.4 Å². The zero-order valence-corrected chi connectivity index (χ0v) is 15.6. The maximum absolute atomic E-state index is 12.8. The maximum Gasteiger partial charge on any atom is 0.221 e. The van der Waals surface area contributed by atoms with E-state index in [4.69, 9.17) is 28.4 Å². The number of Topliss-reactive ketones (excluding diaryl/α,β-unsaturated/α-hetero) is 1. The van der Waals surface area contributed by atoms with E-state index in [-0.39, 0.29) is 18.3 Å². The Morgan fingerprint density at radius 1 is 1.15 bits per heavy atom. The molecular formula is C18H26O9. The van der Waals surface area contributed by atoms with Gasteiger partial charge in [0.15, 0.2) is 12.4 Å². The van der Waals surface area contributed by atoms with Gasteiger partial charge < -0.3 is 38.3 Å². The average molecular weight is 386 g/mol. The molecule has 0 radical (unpaired) electrons. The number of rotatable bonds is 4. The number of carbonyl (C=O) groups is 2. The standard InChI is InChI=1S/C18H26O9/c1-8-6-23-15-10(5-19)26-17(13(20)16(15)24-8)27-14-9-4-12(18(2,3)21)25-11(14)7-22-9/h5,8-12,14-17,21H,4,6-7H2,1-3H3. The molecule has 0 saturated carbocycles. The van der Waals surface area contributed by atoms with Crippen LogP contribution in [0.3, 0.4) is 0 Å². The average Bonchev–Trinajstić information content (AvgIpc) is 2.84. The van der Waals surface area contributed by atoms with Crippen molar-refractivity contribution in [3.63, 3.8) is 0 Å². The SMILES string of the molecule is CC1COC2C(C=O)OC(OC3C4CC(C(C)(C)O)OC3CO4)C(=O)C2O1. The Hall–Kier alpha value is -0.940. The number of fused-ring (bicyclic) bond motifs is 3.